The molecule has 0 spiro atoms. The maximum absolute atomic E-state index is 12.1. The fourth-order valence-corrected chi connectivity index (χ4v) is 1.53. The van der Waals surface area contributed by atoms with Gasteiger partial charge in [-0.15, -0.1) is 0 Å². The van der Waals surface area contributed by atoms with Crippen LogP contribution in [0.4, 0.5) is 4.79 Å². The van der Waals surface area contributed by atoms with E-state index in [0.29, 0.717) is 5.69 Å². The molecule has 5 nitrogen and oxygen atoms in total. The zero-order valence-electron chi connectivity index (χ0n) is 11.7. The second-order valence-electron chi connectivity index (χ2n) is 5.11. The monoisotopic (exact) mass is 253 g/mol. The van der Waals surface area contributed by atoms with Gasteiger partial charge in [-0.2, -0.15) is 0 Å². The summed E-state index contributed by atoms with van der Waals surface area (Å²) in [5.41, 5.74) is 1.07. The third-order valence-electron chi connectivity index (χ3n) is 2.47. The lowest BCUT2D eigenvalue weighted by atomic mass is 10.2. The van der Waals surface area contributed by atoms with Gasteiger partial charge in [-0.05, 0) is 46.2 Å². The average Bonchev–Trinajstić information content (AvgIpc) is 2.52. The number of hydrogen-bond donors (Lipinski definition) is 0. The Labute approximate surface area is 107 Å². The Morgan fingerprint density at radius 3 is 2.22 bits per heavy atom. The van der Waals surface area contributed by atoms with Crippen LogP contribution in [-0.2, 0) is 9.47 Å². The lowest BCUT2D eigenvalue weighted by molar-refractivity contribution is 0.0481. The largest absolute Gasteiger partial charge is 0.464 e. The smallest absolute Gasteiger partial charge is 0.419 e. The minimum atomic E-state index is -0.616. The highest BCUT2D eigenvalue weighted by molar-refractivity contribution is 5.93. The van der Waals surface area contributed by atoms with E-state index in [-0.39, 0.29) is 5.69 Å². The van der Waals surface area contributed by atoms with Crippen molar-refractivity contribution in [2.24, 2.45) is 0 Å². The van der Waals surface area contributed by atoms with Crippen LogP contribution in [0.3, 0.4) is 0 Å². The summed E-state index contributed by atoms with van der Waals surface area (Å²) in [4.78, 5) is 23.7. The van der Waals surface area contributed by atoms with Crippen LogP contribution in [0.5, 0.6) is 0 Å². The van der Waals surface area contributed by atoms with Gasteiger partial charge in [0.1, 0.15) is 11.3 Å². The van der Waals surface area contributed by atoms with Gasteiger partial charge in [-0.1, -0.05) is 0 Å². The molecule has 0 aliphatic rings. The van der Waals surface area contributed by atoms with E-state index in [1.807, 2.05) is 6.92 Å². The summed E-state index contributed by atoms with van der Waals surface area (Å²) in [7, 11) is 1.28. The molecule has 0 amide bonds. The number of aromatic nitrogens is 1. The van der Waals surface area contributed by atoms with E-state index in [0.717, 1.165) is 5.56 Å². The molecule has 0 aliphatic heterocycles. The van der Waals surface area contributed by atoms with Crippen molar-refractivity contribution in [3.63, 3.8) is 0 Å². The number of aryl methyl sites for hydroxylation is 1. The molecule has 0 atom stereocenters. The summed E-state index contributed by atoms with van der Waals surface area (Å²) < 4.78 is 11.2. The number of rotatable bonds is 1. The van der Waals surface area contributed by atoms with Crippen molar-refractivity contribution < 1.29 is 19.1 Å². The molecule has 0 bridgehead atoms. The number of carbonyl (C=O) groups excluding carboxylic acids is 2. The van der Waals surface area contributed by atoms with Gasteiger partial charge in [-0.25, -0.2) is 14.2 Å². The first-order chi connectivity index (χ1) is 8.17. The van der Waals surface area contributed by atoms with E-state index in [9.17, 15) is 9.59 Å². The molecule has 0 aromatic carbocycles. The highest BCUT2D eigenvalue weighted by Crippen LogP contribution is 2.18. The van der Waals surface area contributed by atoms with Gasteiger partial charge in [0.05, 0.1) is 7.11 Å². The zero-order valence-corrected chi connectivity index (χ0v) is 11.7. The molecule has 0 N–H and O–H groups in total. The summed E-state index contributed by atoms with van der Waals surface area (Å²) in [6.07, 6.45) is -0.575. The molecule has 5 heteroatoms. The standard InChI is InChI=1S/C13H19NO4/c1-8-7-10(11(15)17-6)14(9(8)2)12(16)18-13(3,4)5/h7H,1-6H3. The Bertz CT molecular complexity index is 480. The Morgan fingerprint density at radius 2 is 1.78 bits per heavy atom. The second-order valence-corrected chi connectivity index (χ2v) is 5.11. The van der Waals surface area contributed by atoms with Crippen LogP contribution in [0.25, 0.3) is 0 Å². The predicted octanol–water partition coefficient (Wildman–Crippen LogP) is 2.67. The molecular weight excluding hydrogens is 234 g/mol. The highest BCUT2D eigenvalue weighted by Gasteiger charge is 2.25. The summed E-state index contributed by atoms with van der Waals surface area (Å²) in [6.45, 7) is 8.89. The van der Waals surface area contributed by atoms with Crippen LogP contribution in [0, 0.1) is 13.8 Å². The lowest BCUT2D eigenvalue weighted by Gasteiger charge is -2.20. The number of nitrogens with zero attached hydrogens (tertiary/aromatic N) is 1. The first kappa shape index (κ1) is 14.3. The van der Waals surface area contributed by atoms with Crippen LogP contribution >= 0.6 is 0 Å². The van der Waals surface area contributed by atoms with Crippen molar-refractivity contribution in [1.29, 1.82) is 0 Å². The van der Waals surface area contributed by atoms with Gasteiger partial charge in [-0.3, -0.25) is 0 Å². The topological polar surface area (TPSA) is 57.5 Å². The van der Waals surface area contributed by atoms with Crippen molar-refractivity contribution >= 4 is 12.1 Å². The van der Waals surface area contributed by atoms with Crippen molar-refractivity contribution in [2.45, 2.75) is 40.2 Å². The number of hydrogen-bond acceptors (Lipinski definition) is 4. The molecule has 1 aromatic heterocycles. The molecule has 0 unspecified atom stereocenters. The summed E-state index contributed by atoms with van der Waals surface area (Å²) in [6, 6.07) is 1.62. The zero-order chi connectivity index (χ0) is 14.1. The van der Waals surface area contributed by atoms with E-state index in [1.165, 1.54) is 11.7 Å². The molecule has 0 radical (unpaired) electrons. The molecule has 1 aromatic rings. The van der Waals surface area contributed by atoms with Gasteiger partial charge < -0.3 is 9.47 Å². The number of methoxy groups -OCH3 is 1. The van der Waals surface area contributed by atoms with Crippen molar-refractivity contribution in [3.05, 3.63) is 23.0 Å². The van der Waals surface area contributed by atoms with E-state index < -0.39 is 17.7 Å². The molecule has 0 saturated carbocycles. The Morgan fingerprint density at radius 1 is 1.22 bits per heavy atom. The minimum absolute atomic E-state index is 0.182. The third kappa shape index (κ3) is 2.91. The SMILES string of the molecule is COC(=O)c1cc(C)c(C)n1C(=O)OC(C)(C)C. The first-order valence-electron chi connectivity index (χ1n) is 5.68. The Balaban J connectivity index is 3.22. The summed E-state index contributed by atoms with van der Waals surface area (Å²) in [5.74, 6) is -0.558. The average molecular weight is 253 g/mol. The molecule has 0 aliphatic carbocycles. The number of carbonyl (C=O) groups is 2. The van der Waals surface area contributed by atoms with Crippen LogP contribution in [0.2, 0.25) is 0 Å². The molecule has 100 valence electrons. The van der Waals surface area contributed by atoms with Gasteiger partial charge in [0.15, 0.2) is 0 Å². The summed E-state index contributed by atoms with van der Waals surface area (Å²) >= 11 is 0. The normalized spacial score (nSPS) is 11.2. The Kier molecular flexibility index (Phi) is 3.84. The van der Waals surface area contributed by atoms with Gasteiger partial charge >= 0.3 is 12.1 Å². The molecular formula is C13H19NO4. The fraction of sp³-hybridized carbons (Fsp3) is 0.538. The van der Waals surface area contributed by atoms with E-state index >= 15 is 0 Å². The predicted molar refractivity (Wildman–Crippen MR) is 66.9 cm³/mol. The van der Waals surface area contributed by atoms with E-state index in [4.69, 9.17) is 4.74 Å². The molecule has 1 rings (SSSR count). The number of esters is 1. The van der Waals surface area contributed by atoms with Crippen molar-refractivity contribution in [1.82, 2.24) is 4.57 Å². The molecule has 1 heterocycles. The van der Waals surface area contributed by atoms with Gasteiger partial charge in [0.25, 0.3) is 0 Å². The molecule has 18 heavy (non-hydrogen) atoms. The van der Waals surface area contributed by atoms with Crippen LogP contribution in [0.15, 0.2) is 6.07 Å². The first-order valence-corrected chi connectivity index (χ1v) is 5.68. The fourth-order valence-electron chi connectivity index (χ4n) is 1.53. The quantitative estimate of drug-likeness (QED) is 0.722. The van der Waals surface area contributed by atoms with Crippen LogP contribution < -0.4 is 0 Å². The van der Waals surface area contributed by atoms with Crippen LogP contribution in [0.1, 0.15) is 42.5 Å². The minimum Gasteiger partial charge on any atom is -0.464 e. The maximum atomic E-state index is 12.1. The van der Waals surface area contributed by atoms with Crippen molar-refractivity contribution in [3.8, 4) is 0 Å². The highest BCUT2D eigenvalue weighted by atomic mass is 16.6. The molecule has 0 fully saturated rings. The third-order valence-corrected chi connectivity index (χ3v) is 2.47. The van der Waals surface area contributed by atoms with Crippen molar-refractivity contribution in [2.75, 3.05) is 7.11 Å². The lowest BCUT2D eigenvalue weighted by Crippen LogP contribution is -2.29. The second kappa shape index (κ2) is 4.84. The van der Waals surface area contributed by atoms with Gasteiger partial charge in [0, 0.05) is 5.69 Å². The van der Waals surface area contributed by atoms with E-state index in [1.54, 1.807) is 33.8 Å². The van der Waals surface area contributed by atoms with Gasteiger partial charge in [0.2, 0.25) is 0 Å². The van der Waals surface area contributed by atoms with E-state index in [2.05, 4.69) is 4.74 Å². The van der Waals surface area contributed by atoms with Crippen LogP contribution in [-0.4, -0.2) is 29.3 Å². The maximum Gasteiger partial charge on any atom is 0.419 e. The number of ether oxygens (including phenoxy) is 2. The molecule has 0 saturated heterocycles. The Hall–Kier alpha value is -1.78. The summed E-state index contributed by atoms with van der Waals surface area (Å²) in [5, 5.41) is 0.